The first kappa shape index (κ1) is 24.6. The van der Waals surface area contributed by atoms with E-state index < -0.39 is 23.5 Å². The molecule has 0 saturated carbocycles. The lowest BCUT2D eigenvalue weighted by Gasteiger charge is -2.13. The Morgan fingerprint density at radius 3 is 2.33 bits per heavy atom. The van der Waals surface area contributed by atoms with Gasteiger partial charge in [-0.15, -0.1) is 0 Å². The third-order valence-corrected chi connectivity index (χ3v) is 5.76. The van der Waals surface area contributed by atoms with Crippen LogP contribution in [0.5, 0.6) is 5.75 Å². The van der Waals surface area contributed by atoms with Crippen molar-refractivity contribution in [2.75, 3.05) is 24.3 Å². The molecule has 36 heavy (non-hydrogen) atoms. The van der Waals surface area contributed by atoms with Crippen molar-refractivity contribution < 1.29 is 28.3 Å². The third kappa shape index (κ3) is 4.95. The number of nitrogens with zero attached hydrogens (tertiary/aromatic N) is 1. The van der Waals surface area contributed by atoms with Crippen molar-refractivity contribution in [3.63, 3.8) is 0 Å². The molecule has 0 bridgehead atoms. The Hall–Kier alpha value is -4.53. The number of hydrogen-bond acceptors (Lipinski definition) is 5. The number of unbranched alkanes of at least 4 members (excludes halogenated alkanes) is 1. The molecule has 4 rings (SSSR count). The number of imide groups is 1. The summed E-state index contributed by atoms with van der Waals surface area (Å²) in [6.07, 6.45) is 1.54. The predicted octanol–water partition coefficient (Wildman–Crippen LogP) is 4.74. The van der Waals surface area contributed by atoms with Crippen LogP contribution in [0.2, 0.25) is 0 Å². The van der Waals surface area contributed by atoms with Gasteiger partial charge in [-0.25, -0.2) is 4.39 Å². The van der Waals surface area contributed by atoms with E-state index in [2.05, 4.69) is 10.6 Å². The molecule has 3 aromatic carbocycles. The van der Waals surface area contributed by atoms with Crippen molar-refractivity contribution in [3.8, 4) is 5.75 Å². The zero-order valence-electron chi connectivity index (χ0n) is 19.8. The normalized spacial score (nSPS) is 12.4. The third-order valence-electron chi connectivity index (χ3n) is 5.76. The van der Waals surface area contributed by atoms with E-state index in [1.165, 1.54) is 54.5 Å². The molecule has 0 unspecified atom stereocenters. The summed E-state index contributed by atoms with van der Waals surface area (Å²) in [5.74, 6) is -2.03. The SMILES string of the molecule is CCCCN1C(=O)c2ccc(C(=O)Nc3ccc(OC)c(NC(=O)c4cccc(F)c4)c3)cc2C1=O. The van der Waals surface area contributed by atoms with Gasteiger partial charge in [0.2, 0.25) is 0 Å². The van der Waals surface area contributed by atoms with Crippen LogP contribution in [-0.4, -0.2) is 42.2 Å². The van der Waals surface area contributed by atoms with Gasteiger partial charge in [0, 0.05) is 23.4 Å². The molecular weight excluding hydrogens is 465 g/mol. The molecule has 0 fully saturated rings. The van der Waals surface area contributed by atoms with Crippen molar-refractivity contribution >= 4 is 35.0 Å². The smallest absolute Gasteiger partial charge is 0.261 e. The number of fused-ring (bicyclic) bond motifs is 1. The number of amides is 4. The van der Waals surface area contributed by atoms with E-state index in [1.54, 1.807) is 12.1 Å². The molecule has 1 aliphatic heterocycles. The summed E-state index contributed by atoms with van der Waals surface area (Å²) in [6.45, 7) is 2.30. The zero-order valence-corrected chi connectivity index (χ0v) is 19.8. The summed E-state index contributed by atoms with van der Waals surface area (Å²) in [7, 11) is 1.43. The van der Waals surface area contributed by atoms with E-state index >= 15 is 0 Å². The monoisotopic (exact) mass is 489 g/mol. The summed E-state index contributed by atoms with van der Waals surface area (Å²) in [5.41, 5.74) is 1.42. The quantitative estimate of drug-likeness (QED) is 0.445. The van der Waals surface area contributed by atoms with Gasteiger partial charge >= 0.3 is 0 Å². The van der Waals surface area contributed by atoms with Gasteiger partial charge in [-0.2, -0.15) is 0 Å². The number of anilines is 2. The Bertz CT molecular complexity index is 1370. The molecule has 3 aromatic rings. The first-order valence-electron chi connectivity index (χ1n) is 11.4. The molecule has 2 N–H and O–H groups in total. The van der Waals surface area contributed by atoms with Crippen LogP contribution in [0.4, 0.5) is 15.8 Å². The second-order valence-electron chi connectivity index (χ2n) is 8.21. The Kier molecular flexibility index (Phi) is 7.10. The largest absolute Gasteiger partial charge is 0.495 e. The maximum Gasteiger partial charge on any atom is 0.261 e. The minimum atomic E-state index is -0.550. The van der Waals surface area contributed by atoms with Crippen molar-refractivity contribution in [1.82, 2.24) is 4.90 Å². The number of carbonyl (C=O) groups is 4. The first-order valence-corrected chi connectivity index (χ1v) is 11.4. The van der Waals surface area contributed by atoms with Gasteiger partial charge in [0.1, 0.15) is 11.6 Å². The maximum absolute atomic E-state index is 13.5. The van der Waals surface area contributed by atoms with Gasteiger partial charge in [0.05, 0.1) is 23.9 Å². The average molecular weight is 490 g/mol. The molecule has 0 radical (unpaired) electrons. The number of halogens is 1. The van der Waals surface area contributed by atoms with Gasteiger partial charge in [0.15, 0.2) is 0 Å². The predicted molar refractivity (Wildman–Crippen MR) is 132 cm³/mol. The topological polar surface area (TPSA) is 105 Å². The molecule has 0 saturated heterocycles. The van der Waals surface area contributed by atoms with Gasteiger partial charge in [0.25, 0.3) is 23.6 Å². The molecule has 0 aliphatic carbocycles. The fraction of sp³-hybridized carbons (Fsp3) is 0.185. The van der Waals surface area contributed by atoms with E-state index in [0.29, 0.717) is 24.4 Å². The molecule has 4 amide bonds. The van der Waals surface area contributed by atoms with E-state index in [4.69, 9.17) is 4.74 Å². The number of ether oxygens (including phenoxy) is 1. The molecular formula is C27H24FN3O5. The van der Waals surface area contributed by atoms with Crippen molar-refractivity contribution in [3.05, 3.63) is 88.7 Å². The minimum Gasteiger partial charge on any atom is -0.495 e. The molecule has 9 heteroatoms. The molecule has 1 aliphatic rings. The molecule has 184 valence electrons. The number of hydrogen-bond donors (Lipinski definition) is 2. The number of carbonyl (C=O) groups excluding carboxylic acids is 4. The van der Waals surface area contributed by atoms with Gasteiger partial charge in [-0.05, 0) is 61.0 Å². The fourth-order valence-corrected chi connectivity index (χ4v) is 3.86. The maximum atomic E-state index is 13.5. The lowest BCUT2D eigenvalue weighted by atomic mass is 10.1. The first-order chi connectivity index (χ1) is 17.3. The summed E-state index contributed by atoms with van der Waals surface area (Å²) in [5, 5.41) is 5.37. The van der Waals surface area contributed by atoms with Crippen LogP contribution in [0, 0.1) is 5.82 Å². The highest BCUT2D eigenvalue weighted by atomic mass is 19.1. The van der Waals surface area contributed by atoms with Crippen LogP contribution in [0.25, 0.3) is 0 Å². The van der Waals surface area contributed by atoms with Crippen LogP contribution < -0.4 is 15.4 Å². The Morgan fingerprint density at radius 1 is 0.889 bits per heavy atom. The molecule has 1 heterocycles. The number of nitrogens with one attached hydrogen (secondary N) is 2. The molecule has 0 aromatic heterocycles. The van der Waals surface area contributed by atoms with Crippen LogP contribution in [0.1, 0.15) is 61.2 Å². The van der Waals surface area contributed by atoms with E-state index in [-0.39, 0.29) is 33.8 Å². The number of rotatable bonds is 8. The van der Waals surface area contributed by atoms with Crippen molar-refractivity contribution in [2.24, 2.45) is 0 Å². The summed E-state index contributed by atoms with van der Waals surface area (Å²) in [6, 6.07) is 14.3. The van der Waals surface area contributed by atoms with Crippen LogP contribution in [-0.2, 0) is 0 Å². The minimum absolute atomic E-state index is 0.122. The van der Waals surface area contributed by atoms with E-state index in [9.17, 15) is 23.6 Å². The Labute approximate surface area is 207 Å². The summed E-state index contributed by atoms with van der Waals surface area (Å²) in [4.78, 5) is 51.9. The van der Waals surface area contributed by atoms with Crippen molar-refractivity contribution in [2.45, 2.75) is 19.8 Å². The number of benzene rings is 3. The highest BCUT2D eigenvalue weighted by Crippen LogP contribution is 2.29. The van der Waals surface area contributed by atoms with E-state index in [0.717, 1.165) is 12.5 Å². The lowest BCUT2D eigenvalue weighted by molar-refractivity contribution is 0.0652. The average Bonchev–Trinajstić information content (AvgIpc) is 3.11. The van der Waals surface area contributed by atoms with Gasteiger partial charge in [-0.3, -0.25) is 24.1 Å². The summed E-state index contributed by atoms with van der Waals surface area (Å²) >= 11 is 0. The molecule has 8 nitrogen and oxygen atoms in total. The van der Waals surface area contributed by atoms with Crippen LogP contribution in [0.3, 0.4) is 0 Å². The highest BCUT2D eigenvalue weighted by Gasteiger charge is 2.35. The Balaban J connectivity index is 1.53. The standard InChI is InChI=1S/C27H24FN3O5/c1-3-4-12-31-26(34)20-10-8-17(14-21(20)27(31)35)24(32)29-19-9-11-23(36-2)22(15-19)30-25(33)16-6-5-7-18(28)13-16/h5-11,13-15H,3-4,12H2,1-2H3,(H,29,32)(H,30,33). The second-order valence-corrected chi connectivity index (χ2v) is 8.21. The van der Waals surface area contributed by atoms with Gasteiger partial charge in [-0.1, -0.05) is 19.4 Å². The van der Waals surface area contributed by atoms with Gasteiger partial charge < -0.3 is 15.4 Å². The second kappa shape index (κ2) is 10.4. The molecule has 0 atom stereocenters. The lowest BCUT2D eigenvalue weighted by Crippen LogP contribution is -2.30. The Morgan fingerprint density at radius 2 is 1.61 bits per heavy atom. The van der Waals surface area contributed by atoms with E-state index in [1.807, 2.05) is 6.92 Å². The summed E-state index contributed by atoms with van der Waals surface area (Å²) < 4.78 is 18.8. The van der Waals surface area contributed by atoms with Crippen LogP contribution >= 0.6 is 0 Å². The zero-order chi connectivity index (χ0) is 25.8. The van der Waals surface area contributed by atoms with Crippen LogP contribution in [0.15, 0.2) is 60.7 Å². The van der Waals surface area contributed by atoms with Crippen molar-refractivity contribution in [1.29, 1.82) is 0 Å². The molecule has 0 spiro atoms. The fourth-order valence-electron chi connectivity index (χ4n) is 3.86. The number of methoxy groups -OCH3 is 1. The highest BCUT2D eigenvalue weighted by molar-refractivity contribution is 6.22.